The van der Waals surface area contributed by atoms with Gasteiger partial charge in [0.1, 0.15) is 6.04 Å². The average Bonchev–Trinajstić information content (AvgIpc) is 2.60. The van der Waals surface area contributed by atoms with Crippen molar-refractivity contribution < 1.29 is 14.7 Å². The van der Waals surface area contributed by atoms with Crippen molar-refractivity contribution in [2.45, 2.75) is 32.0 Å². The van der Waals surface area contributed by atoms with E-state index in [9.17, 15) is 14.7 Å². The van der Waals surface area contributed by atoms with Crippen LogP contribution in [0.2, 0.25) is 10.0 Å². The second-order valence-electron chi connectivity index (χ2n) is 6.40. The van der Waals surface area contributed by atoms with Gasteiger partial charge in [-0.2, -0.15) is 0 Å². The molecule has 3 rings (SSSR count). The van der Waals surface area contributed by atoms with Crippen molar-refractivity contribution in [3.63, 3.8) is 0 Å². The van der Waals surface area contributed by atoms with Crippen LogP contribution in [0.5, 0.6) is 0 Å². The van der Waals surface area contributed by atoms with E-state index in [1.807, 2.05) is 18.2 Å². The van der Waals surface area contributed by atoms with Crippen LogP contribution in [0.3, 0.4) is 0 Å². The lowest BCUT2D eigenvalue weighted by Crippen LogP contribution is -2.43. The SMILES string of the molecule is CC(=O)N(c1cccc(CN)c1)[C@@H]1C[C@@H](C(=O)O)Nc2cc(Cl)cc(Cl)c21. The Bertz CT molecular complexity index is 904. The molecule has 6 nitrogen and oxygen atoms in total. The normalized spacial score (nSPS) is 18.4. The maximum atomic E-state index is 12.6. The summed E-state index contributed by atoms with van der Waals surface area (Å²) < 4.78 is 0. The summed E-state index contributed by atoms with van der Waals surface area (Å²) in [4.78, 5) is 25.8. The monoisotopic (exact) mass is 407 g/mol. The molecule has 4 N–H and O–H groups in total. The highest BCUT2D eigenvalue weighted by molar-refractivity contribution is 6.35. The first-order valence-electron chi connectivity index (χ1n) is 8.39. The van der Waals surface area contributed by atoms with Gasteiger partial charge in [0.05, 0.1) is 6.04 Å². The standard InChI is InChI=1S/C19H19Cl2N3O3/c1-10(25)24(13-4-2-3-11(5-13)9-22)17-8-16(19(26)27)23-15-7-12(20)6-14(21)18(15)17/h2-7,16-17,23H,8-9,22H2,1H3,(H,26,27)/t16-,17+/m0/s1. The largest absolute Gasteiger partial charge is 0.480 e. The number of carbonyl (C=O) groups is 2. The highest BCUT2D eigenvalue weighted by Gasteiger charge is 2.37. The first-order chi connectivity index (χ1) is 12.8. The summed E-state index contributed by atoms with van der Waals surface area (Å²) in [5.74, 6) is -1.24. The molecule has 27 heavy (non-hydrogen) atoms. The van der Waals surface area contributed by atoms with Crippen LogP contribution in [0.4, 0.5) is 11.4 Å². The number of nitrogens with one attached hydrogen (secondary N) is 1. The Morgan fingerprint density at radius 2 is 2.04 bits per heavy atom. The smallest absolute Gasteiger partial charge is 0.326 e. The number of benzene rings is 2. The number of anilines is 2. The number of rotatable bonds is 4. The van der Waals surface area contributed by atoms with Gasteiger partial charge in [-0.3, -0.25) is 4.79 Å². The van der Waals surface area contributed by atoms with Crippen molar-refractivity contribution in [1.29, 1.82) is 0 Å². The number of aliphatic carboxylic acids is 1. The van der Waals surface area contributed by atoms with E-state index in [4.69, 9.17) is 28.9 Å². The van der Waals surface area contributed by atoms with Crippen LogP contribution >= 0.6 is 23.2 Å². The van der Waals surface area contributed by atoms with E-state index in [0.29, 0.717) is 33.5 Å². The molecule has 0 bridgehead atoms. The van der Waals surface area contributed by atoms with Crippen LogP contribution in [0.25, 0.3) is 0 Å². The first-order valence-corrected chi connectivity index (χ1v) is 9.14. The fourth-order valence-electron chi connectivity index (χ4n) is 3.44. The summed E-state index contributed by atoms with van der Waals surface area (Å²) in [5, 5.41) is 13.3. The molecule has 1 aliphatic heterocycles. The zero-order valence-electron chi connectivity index (χ0n) is 14.6. The van der Waals surface area contributed by atoms with Gasteiger partial charge in [-0.15, -0.1) is 0 Å². The quantitative estimate of drug-likeness (QED) is 0.715. The highest BCUT2D eigenvalue weighted by atomic mass is 35.5. The number of carboxylic acid groups (broad SMARTS) is 1. The van der Waals surface area contributed by atoms with Crippen LogP contribution in [0, 0.1) is 0 Å². The zero-order valence-corrected chi connectivity index (χ0v) is 16.1. The van der Waals surface area contributed by atoms with Crippen LogP contribution in [0.1, 0.15) is 30.5 Å². The van der Waals surface area contributed by atoms with Crippen molar-refractivity contribution >= 4 is 46.5 Å². The summed E-state index contributed by atoms with van der Waals surface area (Å²) in [5.41, 5.74) is 8.39. The van der Waals surface area contributed by atoms with Crippen LogP contribution < -0.4 is 16.0 Å². The predicted molar refractivity (Wildman–Crippen MR) is 106 cm³/mol. The molecule has 2 aromatic carbocycles. The van der Waals surface area contributed by atoms with Crippen LogP contribution in [-0.2, 0) is 16.1 Å². The van der Waals surface area contributed by atoms with E-state index >= 15 is 0 Å². The topological polar surface area (TPSA) is 95.7 Å². The summed E-state index contributed by atoms with van der Waals surface area (Å²) in [7, 11) is 0. The molecule has 1 amide bonds. The number of carbonyl (C=O) groups excluding carboxylic acids is 1. The van der Waals surface area contributed by atoms with Gasteiger partial charge < -0.3 is 21.1 Å². The minimum absolute atomic E-state index is 0.163. The fraction of sp³-hybridized carbons (Fsp3) is 0.263. The molecule has 1 aliphatic rings. The molecular formula is C19H19Cl2N3O3. The Morgan fingerprint density at radius 3 is 2.67 bits per heavy atom. The lowest BCUT2D eigenvalue weighted by molar-refractivity contribution is -0.138. The third-order valence-corrected chi connectivity index (χ3v) is 5.12. The van der Waals surface area contributed by atoms with Gasteiger partial charge in [-0.25, -0.2) is 4.79 Å². The summed E-state index contributed by atoms with van der Waals surface area (Å²) in [6.45, 7) is 1.77. The van der Waals surface area contributed by atoms with Gasteiger partial charge in [0.15, 0.2) is 0 Å². The van der Waals surface area contributed by atoms with E-state index in [0.717, 1.165) is 5.56 Å². The molecule has 0 saturated heterocycles. The molecule has 8 heteroatoms. The van der Waals surface area contributed by atoms with Crippen LogP contribution in [0.15, 0.2) is 36.4 Å². The zero-order chi connectivity index (χ0) is 19.7. The Labute approximate surface area is 166 Å². The lowest BCUT2D eigenvalue weighted by Gasteiger charge is -2.39. The minimum Gasteiger partial charge on any atom is -0.480 e. The average molecular weight is 408 g/mol. The Balaban J connectivity index is 2.16. The molecule has 0 spiro atoms. The van der Waals surface area contributed by atoms with Crippen LogP contribution in [-0.4, -0.2) is 23.0 Å². The molecule has 0 aromatic heterocycles. The third-order valence-electron chi connectivity index (χ3n) is 4.59. The fourth-order valence-corrected chi connectivity index (χ4v) is 4.06. The van der Waals surface area contributed by atoms with E-state index in [1.54, 1.807) is 23.1 Å². The number of amides is 1. The molecular weight excluding hydrogens is 389 g/mol. The summed E-state index contributed by atoms with van der Waals surface area (Å²) >= 11 is 12.5. The number of halogens is 2. The van der Waals surface area contributed by atoms with Crippen molar-refractivity contribution in [2.24, 2.45) is 5.73 Å². The van der Waals surface area contributed by atoms with E-state index in [2.05, 4.69) is 5.32 Å². The molecule has 0 unspecified atom stereocenters. The van der Waals surface area contributed by atoms with Crippen molar-refractivity contribution in [1.82, 2.24) is 0 Å². The molecule has 142 valence electrons. The van der Waals surface area contributed by atoms with E-state index in [-0.39, 0.29) is 12.3 Å². The van der Waals surface area contributed by atoms with Gasteiger partial charge >= 0.3 is 5.97 Å². The molecule has 0 radical (unpaired) electrons. The number of hydrogen-bond acceptors (Lipinski definition) is 4. The lowest BCUT2D eigenvalue weighted by atomic mass is 9.90. The van der Waals surface area contributed by atoms with Gasteiger partial charge in [0.2, 0.25) is 5.91 Å². The first kappa shape index (κ1) is 19.5. The number of nitrogens with two attached hydrogens (primary N) is 1. The number of carboxylic acids is 1. The molecule has 0 fully saturated rings. The Morgan fingerprint density at radius 1 is 1.30 bits per heavy atom. The van der Waals surface area contributed by atoms with Gasteiger partial charge in [-0.1, -0.05) is 35.3 Å². The number of nitrogens with zero attached hydrogens (tertiary/aromatic N) is 1. The number of fused-ring (bicyclic) bond motifs is 1. The van der Waals surface area contributed by atoms with Crippen molar-refractivity contribution in [3.05, 3.63) is 57.6 Å². The molecule has 0 saturated carbocycles. The van der Waals surface area contributed by atoms with Gasteiger partial charge in [0.25, 0.3) is 0 Å². The second kappa shape index (κ2) is 7.76. The maximum Gasteiger partial charge on any atom is 0.326 e. The van der Waals surface area contributed by atoms with E-state index < -0.39 is 18.1 Å². The minimum atomic E-state index is -1.01. The Hall–Kier alpha value is -2.28. The highest BCUT2D eigenvalue weighted by Crippen LogP contribution is 2.44. The van der Waals surface area contributed by atoms with E-state index in [1.165, 1.54) is 6.92 Å². The molecule has 0 aliphatic carbocycles. The third kappa shape index (κ3) is 3.88. The van der Waals surface area contributed by atoms with Crippen molar-refractivity contribution in [2.75, 3.05) is 10.2 Å². The number of hydrogen-bond donors (Lipinski definition) is 3. The predicted octanol–water partition coefficient (Wildman–Crippen LogP) is 3.82. The maximum absolute atomic E-state index is 12.6. The molecule has 1 heterocycles. The Kier molecular flexibility index (Phi) is 5.60. The second-order valence-corrected chi connectivity index (χ2v) is 7.24. The summed E-state index contributed by atoms with van der Waals surface area (Å²) in [6, 6.07) is 9.07. The van der Waals surface area contributed by atoms with Gasteiger partial charge in [0, 0.05) is 46.9 Å². The van der Waals surface area contributed by atoms with Crippen molar-refractivity contribution in [3.8, 4) is 0 Å². The summed E-state index contributed by atoms with van der Waals surface area (Å²) in [6.07, 6.45) is 0.163. The molecule has 2 atom stereocenters. The van der Waals surface area contributed by atoms with Gasteiger partial charge in [-0.05, 0) is 29.8 Å². The molecule has 2 aromatic rings.